The first-order chi connectivity index (χ1) is 9.29. The average molecular weight is 253 g/mol. The van der Waals surface area contributed by atoms with Crippen LogP contribution < -0.4 is 5.73 Å². The lowest BCUT2D eigenvalue weighted by atomic mass is 9.87. The number of benzene rings is 2. The minimum absolute atomic E-state index is 0.472. The highest BCUT2D eigenvalue weighted by atomic mass is 14.5. The molecular formula is C18H23N. The van der Waals surface area contributed by atoms with E-state index in [1.807, 2.05) is 0 Å². The molecule has 2 N–H and O–H groups in total. The van der Waals surface area contributed by atoms with Gasteiger partial charge in [-0.05, 0) is 42.3 Å². The Morgan fingerprint density at radius 2 is 1.47 bits per heavy atom. The van der Waals surface area contributed by atoms with Crippen LogP contribution in [0.5, 0.6) is 0 Å². The van der Waals surface area contributed by atoms with Crippen molar-refractivity contribution in [2.45, 2.75) is 25.7 Å². The summed E-state index contributed by atoms with van der Waals surface area (Å²) in [6.07, 6.45) is 2.28. The molecule has 0 fully saturated rings. The van der Waals surface area contributed by atoms with Gasteiger partial charge in [0, 0.05) is 0 Å². The summed E-state index contributed by atoms with van der Waals surface area (Å²) < 4.78 is 0. The van der Waals surface area contributed by atoms with Crippen LogP contribution in [-0.2, 0) is 6.42 Å². The summed E-state index contributed by atoms with van der Waals surface area (Å²) in [6.45, 7) is 3.04. The lowest BCUT2D eigenvalue weighted by molar-refractivity contribution is 0.467. The fourth-order valence-corrected chi connectivity index (χ4v) is 2.68. The Bertz CT molecular complexity index is 464. The Morgan fingerprint density at radius 1 is 0.895 bits per heavy atom. The van der Waals surface area contributed by atoms with Crippen molar-refractivity contribution in [3.63, 3.8) is 0 Å². The van der Waals surface area contributed by atoms with E-state index in [9.17, 15) is 0 Å². The van der Waals surface area contributed by atoms with Crippen molar-refractivity contribution >= 4 is 0 Å². The summed E-state index contributed by atoms with van der Waals surface area (Å²) in [5, 5.41) is 0. The zero-order valence-electron chi connectivity index (χ0n) is 11.6. The third-order valence-electron chi connectivity index (χ3n) is 3.67. The summed E-state index contributed by atoms with van der Waals surface area (Å²) in [4.78, 5) is 0. The number of hydrogen-bond donors (Lipinski definition) is 1. The second kappa shape index (κ2) is 7.10. The fourth-order valence-electron chi connectivity index (χ4n) is 2.68. The topological polar surface area (TPSA) is 26.0 Å². The molecule has 2 rings (SSSR count). The molecule has 1 nitrogen and oxygen atoms in total. The molecule has 2 aromatic carbocycles. The van der Waals surface area contributed by atoms with Crippen LogP contribution in [0.1, 0.15) is 30.4 Å². The van der Waals surface area contributed by atoms with Gasteiger partial charge < -0.3 is 5.73 Å². The average Bonchev–Trinajstić information content (AvgIpc) is 2.47. The van der Waals surface area contributed by atoms with Gasteiger partial charge in [-0.25, -0.2) is 0 Å². The summed E-state index contributed by atoms with van der Waals surface area (Å²) in [5.74, 6) is 1.12. The van der Waals surface area contributed by atoms with Crippen LogP contribution in [0.4, 0.5) is 0 Å². The van der Waals surface area contributed by atoms with Crippen LogP contribution in [-0.4, -0.2) is 6.54 Å². The van der Waals surface area contributed by atoms with Crippen molar-refractivity contribution < 1.29 is 0 Å². The van der Waals surface area contributed by atoms with E-state index < -0.39 is 0 Å². The summed E-state index contributed by atoms with van der Waals surface area (Å²) in [5.41, 5.74) is 8.73. The van der Waals surface area contributed by atoms with E-state index in [1.165, 1.54) is 11.1 Å². The van der Waals surface area contributed by atoms with Gasteiger partial charge in [0.15, 0.2) is 0 Å². The molecule has 0 saturated carbocycles. The Morgan fingerprint density at radius 3 is 2.05 bits per heavy atom. The lowest BCUT2D eigenvalue weighted by Gasteiger charge is -2.20. The summed E-state index contributed by atoms with van der Waals surface area (Å²) in [6, 6.07) is 21.3. The molecule has 0 saturated heterocycles. The molecule has 0 aliphatic carbocycles. The highest BCUT2D eigenvalue weighted by Crippen LogP contribution is 2.24. The van der Waals surface area contributed by atoms with Crippen LogP contribution in [0, 0.1) is 5.92 Å². The van der Waals surface area contributed by atoms with Gasteiger partial charge in [-0.15, -0.1) is 0 Å². The van der Waals surface area contributed by atoms with E-state index in [1.54, 1.807) is 0 Å². The highest BCUT2D eigenvalue weighted by molar-refractivity contribution is 5.20. The smallest absolute Gasteiger partial charge is 0.000813 e. The third-order valence-corrected chi connectivity index (χ3v) is 3.67. The van der Waals surface area contributed by atoms with Gasteiger partial charge in [-0.3, -0.25) is 0 Å². The van der Waals surface area contributed by atoms with Gasteiger partial charge in [0.25, 0.3) is 0 Å². The molecule has 0 amide bonds. The van der Waals surface area contributed by atoms with E-state index in [2.05, 4.69) is 67.6 Å². The molecule has 100 valence electrons. The lowest BCUT2D eigenvalue weighted by Crippen LogP contribution is -2.16. The second-order valence-electron chi connectivity index (χ2n) is 5.37. The first-order valence-electron chi connectivity index (χ1n) is 7.08. The minimum Gasteiger partial charge on any atom is -0.330 e. The molecule has 0 spiro atoms. The number of hydrogen-bond acceptors (Lipinski definition) is 1. The fraction of sp³-hybridized carbons (Fsp3) is 0.333. The van der Waals surface area contributed by atoms with Crippen LogP contribution in [0.25, 0.3) is 0 Å². The predicted molar refractivity (Wildman–Crippen MR) is 82.2 cm³/mol. The Kier molecular flexibility index (Phi) is 5.17. The van der Waals surface area contributed by atoms with E-state index in [0.29, 0.717) is 11.8 Å². The quantitative estimate of drug-likeness (QED) is 0.827. The zero-order valence-corrected chi connectivity index (χ0v) is 11.6. The standard InChI is InChI=1S/C18H23N/c1-15(12-16-8-4-2-5-9-16)13-18(14-19)17-10-6-3-7-11-17/h2-11,15,18H,12-14,19H2,1H3. The largest absolute Gasteiger partial charge is 0.330 e. The van der Waals surface area contributed by atoms with E-state index in [-0.39, 0.29) is 0 Å². The molecule has 0 aromatic heterocycles. The van der Waals surface area contributed by atoms with Gasteiger partial charge in [0.2, 0.25) is 0 Å². The molecule has 2 aromatic rings. The van der Waals surface area contributed by atoms with Gasteiger partial charge >= 0.3 is 0 Å². The van der Waals surface area contributed by atoms with Crippen molar-refractivity contribution in [2.24, 2.45) is 11.7 Å². The highest BCUT2D eigenvalue weighted by Gasteiger charge is 2.14. The van der Waals surface area contributed by atoms with E-state index in [0.717, 1.165) is 19.4 Å². The maximum atomic E-state index is 5.95. The number of nitrogens with two attached hydrogens (primary N) is 1. The molecular weight excluding hydrogens is 230 g/mol. The number of rotatable bonds is 6. The van der Waals surface area contributed by atoms with Crippen LogP contribution in [0.3, 0.4) is 0 Å². The van der Waals surface area contributed by atoms with Crippen LogP contribution in [0.15, 0.2) is 60.7 Å². The van der Waals surface area contributed by atoms with Crippen molar-refractivity contribution in [1.29, 1.82) is 0 Å². The van der Waals surface area contributed by atoms with Gasteiger partial charge in [-0.2, -0.15) is 0 Å². The molecule has 0 aliphatic rings. The zero-order chi connectivity index (χ0) is 13.5. The molecule has 0 heterocycles. The molecule has 0 aliphatic heterocycles. The molecule has 0 bridgehead atoms. The molecule has 0 radical (unpaired) electrons. The normalized spacial score (nSPS) is 14.0. The Hall–Kier alpha value is -1.60. The SMILES string of the molecule is CC(Cc1ccccc1)CC(CN)c1ccccc1. The maximum absolute atomic E-state index is 5.95. The van der Waals surface area contributed by atoms with Crippen molar-refractivity contribution in [2.75, 3.05) is 6.54 Å². The maximum Gasteiger partial charge on any atom is -0.000813 e. The van der Waals surface area contributed by atoms with Crippen molar-refractivity contribution in [3.8, 4) is 0 Å². The molecule has 1 heteroatoms. The van der Waals surface area contributed by atoms with E-state index in [4.69, 9.17) is 5.73 Å². The molecule has 19 heavy (non-hydrogen) atoms. The summed E-state index contributed by atoms with van der Waals surface area (Å²) in [7, 11) is 0. The molecule has 2 unspecified atom stereocenters. The molecule has 2 atom stereocenters. The Balaban J connectivity index is 1.95. The third kappa shape index (κ3) is 4.22. The monoisotopic (exact) mass is 253 g/mol. The predicted octanol–water partition coefficient (Wildman–Crippen LogP) is 4.00. The minimum atomic E-state index is 0.472. The first-order valence-corrected chi connectivity index (χ1v) is 7.08. The van der Waals surface area contributed by atoms with Gasteiger partial charge in [0.05, 0.1) is 0 Å². The van der Waals surface area contributed by atoms with Crippen LogP contribution in [0.2, 0.25) is 0 Å². The van der Waals surface area contributed by atoms with Crippen molar-refractivity contribution in [3.05, 3.63) is 71.8 Å². The van der Waals surface area contributed by atoms with Crippen LogP contribution >= 0.6 is 0 Å². The summed E-state index contributed by atoms with van der Waals surface area (Å²) >= 11 is 0. The first kappa shape index (κ1) is 13.8. The van der Waals surface area contributed by atoms with Gasteiger partial charge in [-0.1, -0.05) is 67.6 Å². The van der Waals surface area contributed by atoms with Crippen molar-refractivity contribution in [1.82, 2.24) is 0 Å². The van der Waals surface area contributed by atoms with E-state index >= 15 is 0 Å². The Labute approximate surface area is 116 Å². The second-order valence-corrected chi connectivity index (χ2v) is 5.37. The van der Waals surface area contributed by atoms with Gasteiger partial charge in [0.1, 0.15) is 0 Å².